The predicted molar refractivity (Wildman–Crippen MR) is 83.9 cm³/mol. The minimum absolute atomic E-state index is 0.0104. The minimum Gasteiger partial charge on any atom is -0.504 e. The van der Waals surface area contributed by atoms with Gasteiger partial charge in [0.15, 0.2) is 17.3 Å². The van der Waals surface area contributed by atoms with Crippen molar-refractivity contribution in [2.45, 2.75) is 50.0 Å². The van der Waals surface area contributed by atoms with Gasteiger partial charge >= 0.3 is 0 Å². The van der Waals surface area contributed by atoms with E-state index < -0.39 is 5.41 Å². The van der Waals surface area contributed by atoms with Crippen molar-refractivity contribution < 1.29 is 19.4 Å². The maximum atomic E-state index is 12.8. The van der Waals surface area contributed by atoms with Crippen LogP contribution >= 0.6 is 0 Å². The Morgan fingerprint density at radius 1 is 1.30 bits per heavy atom. The third-order valence-electron chi connectivity index (χ3n) is 5.80. The van der Waals surface area contributed by atoms with Gasteiger partial charge in [0.05, 0.1) is 18.9 Å². The smallest absolute Gasteiger partial charge is 0.162 e. The van der Waals surface area contributed by atoms with Gasteiger partial charge in [0.25, 0.3) is 0 Å². The molecular formula is C18H21NO4. The second-order valence-electron chi connectivity index (χ2n) is 6.89. The molecule has 1 spiro atoms. The van der Waals surface area contributed by atoms with Crippen molar-refractivity contribution in [1.82, 2.24) is 5.32 Å². The fourth-order valence-electron chi connectivity index (χ4n) is 4.66. The lowest BCUT2D eigenvalue weighted by atomic mass is 9.59. The van der Waals surface area contributed by atoms with E-state index in [4.69, 9.17) is 4.74 Å². The van der Waals surface area contributed by atoms with Crippen LogP contribution in [0.15, 0.2) is 6.07 Å². The molecular weight excluding hydrogens is 294 g/mol. The van der Waals surface area contributed by atoms with Crippen LogP contribution in [0.1, 0.15) is 54.8 Å². The van der Waals surface area contributed by atoms with E-state index in [1.165, 1.54) is 7.11 Å². The zero-order valence-corrected chi connectivity index (χ0v) is 13.3. The van der Waals surface area contributed by atoms with E-state index in [0.717, 1.165) is 36.1 Å². The van der Waals surface area contributed by atoms with Crippen molar-refractivity contribution in [1.29, 1.82) is 0 Å². The number of methoxy groups -OCH3 is 1. The molecule has 1 saturated carbocycles. The molecule has 5 nitrogen and oxygen atoms in total. The van der Waals surface area contributed by atoms with E-state index >= 15 is 0 Å². The van der Waals surface area contributed by atoms with Gasteiger partial charge < -0.3 is 15.2 Å². The van der Waals surface area contributed by atoms with E-state index in [1.54, 1.807) is 0 Å². The van der Waals surface area contributed by atoms with E-state index in [-0.39, 0.29) is 29.8 Å². The molecule has 5 heteroatoms. The number of hydrogen-bond acceptors (Lipinski definition) is 5. The molecule has 1 fully saturated rings. The number of carbonyl (C=O) groups is 2. The van der Waals surface area contributed by atoms with Gasteiger partial charge in [0.1, 0.15) is 5.78 Å². The molecule has 1 aromatic carbocycles. The van der Waals surface area contributed by atoms with Crippen molar-refractivity contribution >= 4 is 11.6 Å². The van der Waals surface area contributed by atoms with Crippen molar-refractivity contribution in [2.24, 2.45) is 0 Å². The number of ether oxygens (including phenoxy) is 1. The highest BCUT2D eigenvalue weighted by molar-refractivity contribution is 6.07. The van der Waals surface area contributed by atoms with E-state index in [0.29, 0.717) is 25.0 Å². The molecule has 0 saturated heterocycles. The Morgan fingerprint density at radius 3 is 2.87 bits per heavy atom. The molecule has 0 radical (unpaired) electrons. The Bertz CT molecular complexity index is 711. The van der Waals surface area contributed by atoms with E-state index in [1.807, 2.05) is 6.07 Å². The van der Waals surface area contributed by atoms with Crippen molar-refractivity contribution in [3.05, 3.63) is 22.8 Å². The summed E-state index contributed by atoms with van der Waals surface area (Å²) in [7, 11) is 1.54. The van der Waals surface area contributed by atoms with Crippen molar-refractivity contribution in [2.75, 3.05) is 13.7 Å². The number of phenols is 1. The quantitative estimate of drug-likeness (QED) is 0.775. The minimum atomic E-state index is -0.716. The van der Waals surface area contributed by atoms with Crippen LogP contribution < -0.4 is 10.1 Å². The monoisotopic (exact) mass is 315 g/mol. The molecule has 2 atom stereocenters. The maximum Gasteiger partial charge on any atom is 0.162 e. The lowest BCUT2D eigenvalue weighted by Gasteiger charge is -2.45. The Morgan fingerprint density at radius 2 is 2.13 bits per heavy atom. The average molecular weight is 315 g/mol. The lowest BCUT2D eigenvalue weighted by molar-refractivity contribution is -0.135. The van der Waals surface area contributed by atoms with Crippen LogP contribution in [0, 0.1) is 0 Å². The van der Waals surface area contributed by atoms with Gasteiger partial charge in [0, 0.05) is 18.0 Å². The predicted octanol–water partition coefficient (Wildman–Crippen LogP) is 1.94. The molecule has 0 bridgehead atoms. The third-order valence-corrected chi connectivity index (χ3v) is 5.80. The first-order valence-electron chi connectivity index (χ1n) is 8.28. The van der Waals surface area contributed by atoms with Crippen molar-refractivity contribution in [3.63, 3.8) is 0 Å². The van der Waals surface area contributed by atoms with E-state index in [2.05, 4.69) is 5.32 Å². The fraction of sp³-hybridized carbons (Fsp3) is 0.556. The number of phenolic OH excluding ortho intramolecular Hbond substituents is 1. The molecule has 0 aromatic heterocycles. The molecule has 0 amide bonds. The second-order valence-corrected chi connectivity index (χ2v) is 6.89. The van der Waals surface area contributed by atoms with Crippen LogP contribution in [-0.2, 0) is 21.4 Å². The Labute approximate surface area is 135 Å². The molecule has 1 heterocycles. The van der Waals surface area contributed by atoms with Gasteiger partial charge in [-0.1, -0.05) is 0 Å². The van der Waals surface area contributed by atoms with Gasteiger partial charge in [-0.2, -0.15) is 0 Å². The summed E-state index contributed by atoms with van der Waals surface area (Å²) in [6.45, 7) is 0.893. The summed E-state index contributed by atoms with van der Waals surface area (Å²) >= 11 is 0. The molecule has 3 aliphatic rings. The largest absolute Gasteiger partial charge is 0.504 e. The van der Waals surface area contributed by atoms with Crippen LogP contribution in [-0.4, -0.2) is 30.3 Å². The lowest BCUT2D eigenvalue weighted by Crippen LogP contribution is -2.47. The molecule has 23 heavy (non-hydrogen) atoms. The first kappa shape index (κ1) is 14.7. The van der Waals surface area contributed by atoms with Crippen LogP contribution in [0.3, 0.4) is 0 Å². The number of carbonyl (C=O) groups excluding carboxylic acids is 2. The summed E-state index contributed by atoms with van der Waals surface area (Å²) in [5.74, 6) is 0.494. The Hall–Kier alpha value is -1.88. The van der Waals surface area contributed by atoms with Gasteiger partial charge in [-0.05, 0) is 49.4 Å². The number of Topliss-reactive ketones (excluding diaryl/α,β-unsaturated/α-hetero) is 2. The summed E-state index contributed by atoms with van der Waals surface area (Å²) < 4.78 is 5.35. The first-order valence-corrected chi connectivity index (χ1v) is 8.28. The van der Waals surface area contributed by atoms with E-state index in [9.17, 15) is 14.7 Å². The van der Waals surface area contributed by atoms with Gasteiger partial charge in [0.2, 0.25) is 0 Å². The number of aromatic hydroxyl groups is 1. The zero-order chi connectivity index (χ0) is 16.2. The average Bonchev–Trinajstić information content (AvgIpc) is 2.55. The highest BCUT2D eigenvalue weighted by atomic mass is 16.5. The molecule has 1 aliphatic heterocycles. The highest BCUT2D eigenvalue weighted by Crippen LogP contribution is 2.55. The van der Waals surface area contributed by atoms with Crippen LogP contribution in [0.2, 0.25) is 0 Å². The SMILES string of the molecule is COc1cc2c3c(c1O)C1(CCC(=O)CC1=O)CCC3NCC2. The molecule has 2 N–H and O–H groups in total. The second kappa shape index (κ2) is 5.06. The molecule has 4 rings (SSSR count). The van der Waals surface area contributed by atoms with Gasteiger partial charge in [-0.25, -0.2) is 0 Å². The number of hydrogen-bond donors (Lipinski definition) is 2. The normalized spacial score (nSPS) is 29.5. The van der Waals surface area contributed by atoms with Crippen LogP contribution in [0.25, 0.3) is 0 Å². The Kier molecular flexibility index (Phi) is 3.23. The number of benzene rings is 1. The zero-order valence-electron chi connectivity index (χ0n) is 13.3. The summed E-state index contributed by atoms with van der Waals surface area (Å²) in [6.07, 6.45) is 3.32. The molecule has 122 valence electrons. The highest BCUT2D eigenvalue weighted by Gasteiger charge is 2.51. The standard InChI is InChI=1S/C18H21NO4/c1-23-13-8-10-4-7-19-12-3-6-18(16(15(10)12)17(13)22)5-2-11(20)9-14(18)21/h8,12,19,22H,2-7,9H2,1H3. The Balaban J connectivity index is 1.98. The fourth-order valence-corrected chi connectivity index (χ4v) is 4.66. The van der Waals surface area contributed by atoms with Crippen molar-refractivity contribution in [3.8, 4) is 11.5 Å². The van der Waals surface area contributed by atoms with Gasteiger partial charge in [-0.15, -0.1) is 0 Å². The molecule has 2 unspecified atom stereocenters. The topological polar surface area (TPSA) is 75.6 Å². The number of fused-ring (bicyclic) bond motifs is 1. The number of nitrogens with one attached hydrogen (secondary N) is 1. The summed E-state index contributed by atoms with van der Waals surface area (Å²) in [5.41, 5.74) is 2.24. The maximum absolute atomic E-state index is 12.8. The summed E-state index contributed by atoms with van der Waals surface area (Å²) in [4.78, 5) is 24.5. The molecule has 2 aliphatic carbocycles. The van der Waals surface area contributed by atoms with Crippen LogP contribution in [0.4, 0.5) is 0 Å². The number of ketones is 2. The third kappa shape index (κ3) is 1.96. The summed E-state index contributed by atoms with van der Waals surface area (Å²) in [5, 5.41) is 14.3. The first-order chi connectivity index (χ1) is 11.1. The van der Waals surface area contributed by atoms with Crippen LogP contribution in [0.5, 0.6) is 11.5 Å². The number of rotatable bonds is 1. The molecule has 1 aromatic rings. The summed E-state index contributed by atoms with van der Waals surface area (Å²) in [6, 6.07) is 2.08. The van der Waals surface area contributed by atoms with Gasteiger partial charge in [-0.3, -0.25) is 9.59 Å².